The molecule has 0 aliphatic carbocycles. The third-order valence-electron chi connectivity index (χ3n) is 2.73. The number of rotatable bonds is 4. The maximum Gasteiger partial charge on any atom is 0.335 e. The van der Waals surface area contributed by atoms with Gasteiger partial charge in [-0.3, -0.25) is 4.79 Å². The van der Waals surface area contributed by atoms with Crippen LogP contribution in [0.4, 0.5) is 0 Å². The standard InChI is InChI=1S/C14H12N2O4/c1-8-12(7-17)9(2)16-14(15-8)20-11-5-3-10(4-6-11)13(18)19/h3-7H,1-2H3,(H,18,19). The van der Waals surface area contributed by atoms with E-state index < -0.39 is 5.97 Å². The van der Waals surface area contributed by atoms with Gasteiger partial charge < -0.3 is 9.84 Å². The maximum atomic E-state index is 10.8. The molecule has 2 rings (SSSR count). The zero-order valence-corrected chi connectivity index (χ0v) is 11.0. The van der Waals surface area contributed by atoms with Gasteiger partial charge in [0.15, 0.2) is 6.29 Å². The smallest absolute Gasteiger partial charge is 0.335 e. The second-order valence-corrected chi connectivity index (χ2v) is 4.14. The molecular weight excluding hydrogens is 260 g/mol. The normalized spacial score (nSPS) is 10.1. The van der Waals surface area contributed by atoms with Gasteiger partial charge in [-0.05, 0) is 38.1 Å². The SMILES string of the molecule is Cc1nc(Oc2ccc(C(=O)O)cc2)nc(C)c1C=O. The van der Waals surface area contributed by atoms with E-state index in [1.807, 2.05) is 0 Å². The Morgan fingerprint density at radius 3 is 2.15 bits per heavy atom. The van der Waals surface area contributed by atoms with E-state index in [9.17, 15) is 9.59 Å². The molecule has 1 N–H and O–H groups in total. The molecule has 6 nitrogen and oxygen atoms in total. The highest BCUT2D eigenvalue weighted by molar-refractivity contribution is 5.87. The van der Waals surface area contributed by atoms with Crippen molar-refractivity contribution in [3.8, 4) is 11.8 Å². The lowest BCUT2D eigenvalue weighted by atomic mass is 10.2. The largest absolute Gasteiger partial charge is 0.478 e. The number of aromatic carboxylic acids is 1. The number of benzene rings is 1. The molecule has 0 bridgehead atoms. The number of hydrogen-bond donors (Lipinski definition) is 1. The van der Waals surface area contributed by atoms with E-state index in [1.54, 1.807) is 13.8 Å². The van der Waals surface area contributed by atoms with Crippen molar-refractivity contribution in [2.45, 2.75) is 13.8 Å². The van der Waals surface area contributed by atoms with Gasteiger partial charge in [0, 0.05) is 0 Å². The molecule has 0 saturated heterocycles. The molecule has 0 saturated carbocycles. The van der Waals surface area contributed by atoms with Crippen LogP contribution in [-0.4, -0.2) is 27.3 Å². The summed E-state index contributed by atoms with van der Waals surface area (Å²) >= 11 is 0. The van der Waals surface area contributed by atoms with Crippen molar-refractivity contribution in [1.29, 1.82) is 0 Å². The van der Waals surface area contributed by atoms with Crippen LogP contribution in [-0.2, 0) is 0 Å². The predicted octanol–water partition coefficient (Wildman–Crippen LogP) is 2.40. The van der Waals surface area contributed by atoms with E-state index >= 15 is 0 Å². The van der Waals surface area contributed by atoms with Crippen molar-refractivity contribution < 1.29 is 19.4 Å². The topological polar surface area (TPSA) is 89.4 Å². The van der Waals surface area contributed by atoms with E-state index in [4.69, 9.17) is 9.84 Å². The average Bonchev–Trinajstić information content (AvgIpc) is 2.39. The molecule has 1 aromatic heterocycles. The molecule has 1 heterocycles. The summed E-state index contributed by atoms with van der Waals surface area (Å²) in [6.07, 6.45) is 0.704. The van der Waals surface area contributed by atoms with E-state index in [0.717, 1.165) is 0 Å². The number of ether oxygens (including phenoxy) is 1. The molecule has 20 heavy (non-hydrogen) atoms. The Bertz CT molecular complexity index is 642. The van der Waals surface area contributed by atoms with Crippen LogP contribution in [0.15, 0.2) is 24.3 Å². The quantitative estimate of drug-likeness (QED) is 0.859. The number of aryl methyl sites for hydroxylation is 2. The van der Waals surface area contributed by atoms with Crippen molar-refractivity contribution in [1.82, 2.24) is 9.97 Å². The van der Waals surface area contributed by atoms with Crippen LogP contribution in [0.25, 0.3) is 0 Å². The van der Waals surface area contributed by atoms with E-state index in [-0.39, 0.29) is 11.6 Å². The second-order valence-electron chi connectivity index (χ2n) is 4.14. The number of nitrogens with zero attached hydrogens (tertiary/aromatic N) is 2. The Hall–Kier alpha value is -2.76. The molecule has 102 valence electrons. The Kier molecular flexibility index (Phi) is 3.74. The zero-order valence-electron chi connectivity index (χ0n) is 11.0. The van der Waals surface area contributed by atoms with Gasteiger partial charge >= 0.3 is 12.0 Å². The Balaban J connectivity index is 2.26. The summed E-state index contributed by atoms with van der Waals surface area (Å²) < 4.78 is 5.44. The van der Waals surface area contributed by atoms with E-state index in [1.165, 1.54) is 24.3 Å². The van der Waals surface area contributed by atoms with E-state index in [0.29, 0.717) is 29.0 Å². The van der Waals surface area contributed by atoms with Crippen LogP contribution < -0.4 is 4.74 Å². The molecule has 0 spiro atoms. The molecule has 0 aliphatic rings. The van der Waals surface area contributed by atoms with Crippen LogP contribution in [0.5, 0.6) is 11.8 Å². The minimum Gasteiger partial charge on any atom is -0.478 e. The summed E-state index contributed by atoms with van der Waals surface area (Å²) in [4.78, 5) is 29.7. The van der Waals surface area contributed by atoms with Gasteiger partial charge in [-0.25, -0.2) is 4.79 Å². The molecular formula is C14H12N2O4. The fourth-order valence-corrected chi connectivity index (χ4v) is 1.68. The molecule has 6 heteroatoms. The fourth-order valence-electron chi connectivity index (χ4n) is 1.68. The number of aromatic nitrogens is 2. The summed E-state index contributed by atoms with van der Waals surface area (Å²) in [5.74, 6) is -0.581. The van der Waals surface area contributed by atoms with E-state index in [2.05, 4.69) is 9.97 Å². The van der Waals surface area contributed by atoms with Crippen molar-refractivity contribution >= 4 is 12.3 Å². The number of carboxylic acid groups (broad SMARTS) is 1. The molecule has 0 atom stereocenters. The first-order valence-electron chi connectivity index (χ1n) is 5.83. The average molecular weight is 272 g/mol. The Morgan fingerprint density at radius 1 is 1.15 bits per heavy atom. The summed E-state index contributed by atoms with van der Waals surface area (Å²) in [5.41, 5.74) is 1.68. The lowest BCUT2D eigenvalue weighted by Gasteiger charge is -2.07. The number of hydrogen-bond acceptors (Lipinski definition) is 5. The van der Waals surface area contributed by atoms with Gasteiger partial charge in [0.2, 0.25) is 0 Å². The third-order valence-corrected chi connectivity index (χ3v) is 2.73. The maximum absolute atomic E-state index is 10.8. The highest BCUT2D eigenvalue weighted by Gasteiger charge is 2.09. The monoisotopic (exact) mass is 272 g/mol. The molecule has 0 radical (unpaired) electrons. The van der Waals surface area contributed by atoms with Crippen LogP contribution >= 0.6 is 0 Å². The van der Waals surface area contributed by atoms with Crippen LogP contribution in [0, 0.1) is 13.8 Å². The zero-order chi connectivity index (χ0) is 14.7. The number of carbonyl (C=O) groups excluding carboxylic acids is 1. The van der Waals surface area contributed by atoms with Crippen LogP contribution in [0.2, 0.25) is 0 Å². The molecule has 1 aromatic carbocycles. The van der Waals surface area contributed by atoms with Crippen molar-refractivity contribution in [3.63, 3.8) is 0 Å². The molecule has 0 aliphatic heterocycles. The fraction of sp³-hybridized carbons (Fsp3) is 0.143. The van der Waals surface area contributed by atoms with Gasteiger partial charge in [-0.15, -0.1) is 0 Å². The van der Waals surface area contributed by atoms with Crippen LogP contribution in [0.1, 0.15) is 32.1 Å². The van der Waals surface area contributed by atoms with Crippen molar-refractivity contribution in [2.24, 2.45) is 0 Å². The third kappa shape index (κ3) is 2.80. The Morgan fingerprint density at radius 2 is 1.70 bits per heavy atom. The summed E-state index contributed by atoms with van der Waals surface area (Å²) in [7, 11) is 0. The molecule has 0 fully saturated rings. The molecule has 0 unspecified atom stereocenters. The number of aldehydes is 1. The minimum absolute atomic E-state index is 0.119. The van der Waals surface area contributed by atoms with Gasteiger partial charge in [0.25, 0.3) is 0 Å². The summed E-state index contributed by atoms with van der Waals surface area (Å²) in [6.45, 7) is 3.39. The van der Waals surface area contributed by atoms with Crippen molar-refractivity contribution in [3.05, 3.63) is 46.8 Å². The highest BCUT2D eigenvalue weighted by atomic mass is 16.5. The summed E-state index contributed by atoms with van der Waals surface area (Å²) in [6, 6.07) is 6.01. The molecule has 2 aromatic rings. The lowest BCUT2D eigenvalue weighted by Crippen LogP contribution is -2.02. The van der Waals surface area contributed by atoms with Gasteiger partial charge in [-0.2, -0.15) is 9.97 Å². The second kappa shape index (κ2) is 5.48. The Labute approximate surface area is 115 Å². The first-order valence-corrected chi connectivity index (χ1v) is 5.83. The summed E-state index contributed by atoms with van der Waals surface area (Å²) in [5, 5.41) is 8.80. The van der Waals surface area contributed by atoms with Gasteiger partial charge in [0.05, 0.1) is 22.5 Å². The molecule has 0 amide bonds. The van der Waals surface area contributed by atoms with Gasteiger partial charge in [-0.1, -0.05) is 0 Å². The first-order chi connectivity index (χ1) is 9.51. The number of carboxylic acids is 1. The van der Waals surface area contributed by atoms with Gasteiger partial charge in [0.1, 0.15) is 5.75 Å². The predicted molar refractivity (Wildman–Crippen MR) is 70.4 cm³/mol. The number of carbonyl (C=O) groups is 2. The van der Waals surface area contributed by atoms with Crippen LogP contribution in [0.3, 0.4) is 0 Å². The van der Waals surface area contributed by atoms with Crippen molar-refractivity contribution in [2.75, 3.05) is 0 Å². The minimum atomic E-state index is -1.00. The highest BCUT2D eigenvalue weighted by Crippen LogP contribution is 2.20. The first kappa shape index (κ1) is 13.7. The lowest BCUT2D eigenvalue weighted by molar-refractivity contribution is 0.0696.